The van der Waals surface area contributed by atoms with Crippen molar-refractivity contribution in [3.05, 3.63) is 55.7 Å². The minimum Gasteiger partial charge on any atom is -0.329 e. The molecule has 3 rings (SSSR count). The van der Waals surface area contributed by atoms with E-state index in [1.165, 1.54) is 12.4 Å². The number of hydrogen-bond acceptors (Lipinski definition) is 6. The van der Waals surface area contributed by atoms with Gasteiger partial charge in [0.25, 0.3) is 0 Å². The molecule has 0 aliphatic rings. The van der Waals surface area contributed by atoms with Gasteiger partial charge >= 0.3 is 0 Å². The molecule has 26 heavy (non-hydrogen) atoms. The van der Waals surface area contributed by atoms with Crippen LogP contribution in [0.2, 0.25) is 0 Å². The van der Waals surface area contributed by atoms with E-state index in [1.807, 2.05) is 19.0 Å². The molecule has 8 heteroatoms. The average Bonchev–Trinajstić information content (AvgIpc) is 2.64. The molecule has 0 radical (unpaired) electrons. The molecule has 8 nitrogen and oxygen atoms in total. The van der Waals surface area contributed by atoms with Crippen molar-refractivity contribution in [1.82, 2.24) is 15.1 Å². The number of aromatic amines is 2. The highest BCUT2D eigenvalue weighted by atomic mass is 16.1. The molecule has 0 amide bonds. The normalized spacial score (nSPS) is 13.4. The Hall–Kier alpha value is -2.84. The zero-order valence-corrected chi connectivity index (χ0v) is 14.9. The largest absolute Gasteiger partial charge is 0.329 e. The van der Waals surface area contributed by atoms with Crippen molar-refractivity contribution in [3.63, 3.8) is 0 Å². The fourth-order valence-corrected chi connectivity index (χ4v) is 2.89. The summed E-state index contributed by atoms with van der Waals surface area (Å²) in [4.78, 5) is 37.0. The molecule has 0 bridgehead atoms. The highest BCUT2D eigenvalue weighted by Crippen LogP contribution is 2.05. The van der Waals surface area contributed by atoms with Crippen molar-refractivity contribution in [1.29, 1.82) is 0 Å². The molecule has 136 valence electrons. The molecule has 0 aliphatic heterocycles. The molecular formula is C18H22N6O2. The molecule has 0 spiro atoms. The zero-order valence-electron chi connectivity index (χ0n) is 14.9. The van der Waals surface area contributed by atoms with E-state index in [2.05, 4.69) is 20.2 Å². The first-order chi connectivity index (χ1) is 12.5. The molecule has 3 aromatic rings. The van der Waals surface area contributed by atoms with Crippen LogP contribution in [-0.4, -0.2) is 55.4 Å². The molecule has 0 unspecified atom stereocenters. The molecule has 0 aliphatic carbocycles. The molecule has 2 aromatic carbocycles. The standard InChI is InChI=1S/C18H22N6O2/c1-24(2)8-7-21-14-4-3-13(20-6-5-19)15-16(14)18(26)12-10-23-22-9-11(12)17(15)25/h3-4,9-10,22-23H,5-8,19H2,1-2H3. The summed E-state index contributed by atoms with van der Waals surface area (Å²) in [6, 6.07) is 3.48. The molecule has 0 fully saturated rings. The van der Waals surface area contributed by atoms with Crippen LogP contribution in [0.3, 0.4) is 0 Å². The third-order valence-electron chi connectivity index (χ3n) is 4.15. The Morgan fingerprint density at radius 1 is 0.923 bits per heavy atom. The van der Waals surface area contributed by atoms with Crippen LogP contribution < -0.4 is 27.3 Å². The molecular weight excluding hydrogens is 332 g/mol. The van der Waals surface area contributed by atoms with Crippen molar-refractivity contribution < 1.29 is 0 Å². The molecule has 0 saturated heterocycles. The Bertz CT molecular complexity index is 1180. The van der Waals surface area contributed by atoms with Crippen molar-refractivity contribution in [3.8, 4) is 0 Å². The van der Waals surface area contributed by atoms with E-state index in [-0.39, 0.29) is 10.9 Å². The van der Waals surface area contributed by atoms with Gasteiger partial charge in [-0.15, -0.1) is 0 Å². The summed E-state index contributed by atoms with van der Waals surface area (Å²) < 4.78 is 0. The number of nitrogens with two attached hydrogens (primary N) is 1. The lowest BCUT2D eigenvalue weighted by molar-refractivity contribution is 0.419. The minimum absolute atomic E-state index is 0.228. The third-order valence-corrected chi connectivity index (χ3v) is 4.15. The number of nitrogens with zero attached hydrogens (tertiary/aromatic N) is 3. The fraction of sp³-hybridized carbons (Fsp3) is 0.333. The van der Waals surface area contributed by atoms with Crippen LogP contribution in [0, 0.1) is 0 Å². The number of aromatic nitrogens is 2. The number of hydrogen-bond donors (Lipinski definition) is 3. The predicted octanol–water partition coefficient (Wildman–Crippen LogP) is -0.871. The monoisotopic (exact) mass is 354 g/mol. The zero-order chi connectivity index (χ0) is 18.7. The first kappa shape index (κ1) is 18.0. The topological polar surface area (TPSA) is 120 Å². The third kappa shape index (κ3) is 3.29. The first-order valence-corrected chi connectivity index (χ1v) is 8.42. The Morgan fingerprint density at radius 3 is 1.88 bits per heavy atom. The summed E-state index contributed by atoms with van der Waals surface area (Å²) in [6.45, 7) is 2.02. The van der Waals surface area contributed by atoms with E-state index in [1.54, 1.807) is 12.1 Å². The van der Waals surface area contributed by atoms with Gasteiger partial charge in [-0.25, -0.2) is 0 Å². The molecule has 1 heterocycles. The summed E-state index contributed by atoms with van der Waals surface area (Å²) in [5.41, 5.74) is 5.07. The van der Waals surface area contributed by atoms with Gasteiger partial charge in [-0.2, -0.15) is 0 Å². The maximum Gasteiger partial charge on any atom is 0.198 e. The molecule has 4 N–H and O–H groups in total. The van der Waals surface area contributed by atoms with Crippen LogP contribution in [0.5, 0.6) is 0 Å². The van der Waals surface area contributed by atoms with Gasteiger partial charge in [0.05, 0.1) is 45.3 Å². The lowest BCUT2D eigenvalue weighted by Crippen LogP contribution is -2.28. The maximum atomic E-state index is 13.1. The second-order valence-corrected chi connectivity index (χ2v) is 6.27. The smallest absolute Gasteiger partial charge is 0.198 e. The SMILES string of the molecule is CN(C)CCN=c1ccc(=NCCN)c2c(=O)c3c[nH][nH]cc3c(=O)c12. The summed E-state index contributed by atoms with van der Waals surface area (Å²) in [5.74, 6) is 0. The summed E-state index contributed by atoms with van der Waals surface area (Å²) in [5, 5.41) is 7.79. The van der Waals surface area contributed by atoms with Crippen LogP contribution in [0.25, 0.3) is 21.5 Å². The molecule has 0 saturated carbocycles. The Kier molecular flexibility index (Phi) is 5.24. The van der Waals surface area contributed by atoms with Gasteiger partial charge in [-0.1, -0.05) is 0 Å². The summed E-state index contributed by atoms with van der Waals surface area (Å²) >= 11 is 0. The van der Waals surface area contributed by atoms with E-state index < -0.39 is 0 Å². The van der Waals surface area contributed by atoms with Gasteiger partial charge in [0.15, 0.2) is 10.9 Å². The molecule has 0 atom stereocenters. The number of benzene rings is 2. The van der Waals surface area contributed by atoms with Crippen LogP contribution in [0.15, 0.2) is 44.1 Å². The Balaban J connectivity index is 2.46. The van der Waals surface area contributed by atoms with Crippen LogP contribution >= 0.6 is 0 Å². The Morgan fingerprint density at radius 2 is 1.42 bits per heavy atom. The van der Waals surface area contributed by atoms with Crippen LogP contribution in [-0.2, 0) is 0 Å². The van der Waals surface area contributed by atoms with Crippen molar-refractivity contribution in [2.24, 2.45) is 15.7 Å². The van der Waals surface area contributed by atoms with Crippen LogP contribution in [0.4, 0.5) is 0 Å². The summed E-state index contributed by atoms with van der Waals surface area (Å²) in [6.07, 6.45) is 3.01. The van der Waals surface area contributed by atoms with E-state index in [0.29, 0.717) is 51.9 Å². The quantitative estimate of drug-likeness (QED) is 0.516. The maximum absolute atomic E-state index is 13.1. The Labute approximate surface area is 149 Å². The lowest BCUT2D eigenvalue weighted by Gasteiger charge is -2.06. The number of rotatable bonds is 5. The van der Waals surface area contributed by atoms with Crippen molar-refractivity contribution in [2.75, 3.05) is 40.3 Å². The van der Waals surface area contributed by atoms with Gasteiger partial charge in [-0.3, -0.25) is 19.6 Å². The first-order valence-electron chi connectivity index (χ1n) is 8.42. The van der Waals surface area contributed by atoms with Gasteiger partial charge in [0, 0.05) is 25.5 Å². The highest BCUT2D eigenvalue weighted by molar-refractivity contribution is 5.96. The number of nitrogens with one attached hydrogen (secondary N) is 2. The fourth-order valence-electron chi connectivity index (χ4n) is 2.89. The second kappa shape index (κ2) is 7.59. The number of likely N-dealkylation sites (N-methyl/N-ethyl adjacent to an activating group) is 1. The van der Waals surface area contributed by atoms with Crippen molar-refractivity contribution >= 4 is 21.5 Å². The van der Waals surface area contributed by atoms with Gasteiger partial charge in [-0.05, 0) is 26.2 Å². The second-order valence-electron chi connectivity index (χ2n) is 6.27. The van der Waals surface area contributed by atoms with E-state index >= 15 is 0 Å². The van der Waals surface area contributed by atoms with Crippen LogP contribution in [0.1, 0.15) is 0 Å². The van der Waals surface area contributed by atoms with Gasteiger partial charge in [0.2, 0.25) is 0 Å². The van der Waals surface area contributed by atoms with E-state index in [9.17, 15) is 9.59 Å². The van der Waals surface area contributed by atoms with Gasteiger partial charge < -0.3 is 20.8 Å². The predicted molar refractivity (Wildman–Crippen MR) is 102 cm³/mol. The van der Waals surface area contributed by atoms with E-state index in [4.69, 9.17) is 5.73 Å². The average molecular weight is 354 g/mol. The number of H-pyrrole nitrogens is 2. The van der Waals surface area contributed by atoms with Crippen molar-refractivity contribution in [2.45, 2.75) is 0 Å². The van der Waals surface area contributed by atoms with Gasteiger partial charge in [0.1, 0.15) is 0 Å². The lowest BCUT2D eigenvalue weighted by atomic mass is 10.0. The summed E-state index contributed by atoms with van der Waals surface area (Å²) in [7, 11) is 3.91. The highest BCUT2D eigenvalue weighted by Gasteiger charge is 2.13. The molecule has 1 aromatic heterocycles. The number of fused-ring (bicyclic) bond motifs is 2. The minimum atomic E-state index is -0.236. The van der Waals surface area contributed by atoms with E-state index in [0.717, 1.165) is 6.54 Å².